The second-order valence-corrected chi connectivity index (χ2v) is 7.01. The highest BCUT2D eigenvalue weighted by Gasteiger charge is 2.20. The highest BCUT2D eigenvalue weighted by Crippen LogP contribution is 2.34. The molecule has 0 nitrogen and oxygen atoms in total. The maximum Gasteiger partial charge on any atom is 0.167 e. The Morgan fingerprint density at radius 3 is 2.56 bits per heavy atom. The van der Waals surface area contributed by atoms with E-state index in [9.17, 15) is 8.78 Å². The third-order valence-electron chi connectivity index (χ3n) is 2.83. The number of benzene rings is 1. The van der Waals surface area contributed by atoms with E-state index in [-0.39, 0.29) is 5.82 Å². The molecule has 0 saturated heterocycles. The van der Waals surface area contributed by atoms with Crippen molar-refractivity contribution in [1.29, 1.82) is 0 Å². The second-order valence-electron chi connectivity index (χ2n) is 4.50. The molecular weight excluding hydrogens is 225 g/mol. The molecule has 90 valence electrons. The number of rotatable bonds is 5. The van der Waals surface area contributed by atoms with Crippen LogP contribution in [0.5, 0.6) is 0 Å². The standard InChI is InChI=1S/C13H19F2P/c1-4-5-10(2)9-16(3)13-7-6-11(14)8-12(13)15/h6-8,10H,4-5,9H2,1-3H3/p+1. The van der Waals surface area contributed by atoms with Crippen LogP contribution in [0.15, 0.2) is 18.2 Å². The van der Waals surface area contributed by atoms with Crippen molar-refractivity contribution in [3.63, 3.8) is 0 Å². The zero-order valence-corrected chi connectivity index (χ0v) is 11.2. The van der Waals surface area contributed by atoms with Crippen LogP contribution in [0.2, 0.25) is 0 Å². The number of halogens is 2. The van der Waals surface area contributed by atoms with Crippen LogP contribution in [-0.4, -0.2) is 12.8 Å². The largest absolute Gasteiger partial charge is 0.207 e. The molecule has 16 heavy (non-hydrogen) atoms. The lowest BCUT2D eigenvalue weighted by atomic mass is 10.1. The van der Waals surface area contributed by atoms with E-state index in [1.165, 1.54) is 18.9 Å². The minimum absolute atomic E-state index is 0.375. The maximum absolute atomic E-state index is 13.5. The molecule has 0 spiro atoms. The van der Waals surface area contributed by atoms with Crippen molar-refractivity contribution in [3.05, 3.63) is 29.8 Å². The molecule has 0 aliphatic carbocycles. The Morgan fingerprint density at radius 1 is 1.31 bits per heavy atom. The van der Waals surface area contributed by atoms with Gasteiger partial charge in [-0.1, -0.05) is 20.3 Å². The molecule has 0 aromatic heterocycles. The predicted octanol–water partition coefficient (Wildman–Crippen LogP) is 3.87. The van der Waals surface area contributed by atoms with Crippen molar-refractivity contribution in [2.45, 2.75) is 26.7 Å². The fraction of sp³-hybridized carbons (Fsp3) is 0.538. The summed E-state index contributed by atoms with van der Waals surface area (Å²) < 4.78 is 26.3. The highest BCUT2D eigenvalue weighted by molar-refractivity contribution is 7.64. The average molecular weight is 245 g/mol. The Kier molecular flexibility index (Phi) is 5.34. The molecule has 2 unspecified atom stereocenters. The first-order valence-electron chi connectivity index (χ1n) is 5.82. The van der Waals surface area contributed by atoms with Gasteiger partial charge in [0.05, 0.1) is 12.8 Å². The van der Waals surface area contributed by atoms with E-state index in [2.05, 4.69) is 20.5 Å². The molecule has 0 aliphatic rings. The van der Waals surface area contributed by atoms with Crippen LogP contribution < -0.4 is 5.30 Å². The van der Waals surface area contributed by atoms with Crippen LogP contribution in [-0.2, 0) is 0 Å². The van der Waals surface area contributed by atoms with Crippen molar-refractivity contribution in [1.82, 2.24) is 0 Å². The zero-order chi connectivity index (χ0) is 12.1. The summed E-state index contributed by atoms with van der Waals surface area (Å²) in [4.78, 5) is 0. The molecule has 0 bridgehead atoms. The van der Waals surface area contributed by atoms with Gasteiger partial charge in [0.15, 0.2) is 5.82 Å². The number of hydrogen-bond donors (Lipinski definition) is 0. The van der Waals surface area contributed by atoms with Crippen LogP contribution >= 0.6 is 7.92 Å². The van der Waals surface area contributed by atoms with E-state index in [0.717, 1.165) is 17.5 Å². The Labute approximate surface area is 97.8 Å². The molecule has 0 fully saturated rings. The van der Waals surface area contributed by atoms with E-state index in [4.69, 9.17) is 0 Å². The summed E-state index contributed by atoms with van der Waals surface area (Å²) in [6.45, 7) is 6.48. The summed E-state index contributed by atoms with van der Waals surface area (Å²) in [5.74, 6) is -0.230. The quantitative estimate of drug-likeness (QED) is 0.691. The summed E-state index contributed by atoms with van der Waals surface area (Å²) in [6.07, 6.45) is 3.41. The summed E-state index contributed by atoms with van der Waals surface area (Å²) in [6, 6.07) is 3.96. The van der Waals surface area contributed by atoms with Gasteiger partial charge in [-0.15, -0.1) is 0 Å². The molecule has 1 aromatic carbocycles. The molecule has 2 atom stereocenters. The molecule has 0 N–H and O–H groups in total. The normalized spacial score (nSPS) is 14.8. The van der Waals surface area contributed by atoms with Crippen molar-refractivity contribution in [2.24, 2.45) is 5.92 Å². The van der Waals surface area contributed by atoms with Crippen LogP contribution in [0.1, 0.15) is 26.7 Å². The van der Waals surface area contributed by atoms with Crippen molar-refractivity contribution < 1.29 is 8.78 Å². The molecular formula is C13H20F2P+. The highest BCUT2D eigenvalue weighted by atomic mass is 31.1. The predicted molar refractivity (Wildman–Crippen MR) is 69.2 cm³/mol. The Hall–Kier alpha value is -0.490. The van der Waals surface area contributed by atoms with Crippen LogP contribution in [0, 0.1) is 17.6 Å². The minimum atomic E-state index is -0.877. The SMILES string of the molecule is CCCC(C)C[PH+](C)c1ccc(F)cc1F. The molecule has 0 radical (unpaired) electrons. The lowest BCUT2D eigenvalue weighted by Crippen LogP contribution is -2.12. The summed E-state index contributed by atoms with van der Waals surface area (Å²) in [7, 11) is -0.877. The first kappa shape index (κ1) is 13.6. The Balaban J connectivity index is 2.69. The van der Waals surface area contributed by atoms with Gasteiger partial charge in [0.25, 0.3) is 0 Å². The molecule has 1 rings (SSSR count). The van der Waals surface area contributed by atoms with Gasteiger partial charge in [0.2, 0.25) is 0 Å². The van der Waals surface area contributed by atoms with E-state index < -0.39 is 13.7 Å². The van der Waals surface area contributed by atoms with E-state index in [0.29, 0.717) is 5.92 Å². The van der Waals surface area contributed by atoms with Crippen molar-refractivity contribution >= 4 is 13.2 Å². The van der Waals surface area contributed by atoms with Gasteiger partial charge in [-0.3, -0.25) is 0 Å². The van der Waals surface area contributed by atoms with Gasteiger partial charge < -0.3 is 0 Å². The van der Waals surface area contributed by atoms with E-state index >= 15 is 0 Å². The zero-order valence-electron chi connectivity index (χ0n) is 10.2. The lowest BCUT2D eigenvalue weighted by molar-refractivity contribution is 0.580. The van der Waals surface area contributed by atoms with Crippen molar-refractivity contribution in [2.75, 3.05) is 12.8 Å². The second kappa shape index (κ2) is 6.30. The van der Waals surface area contributed by atoms with Gasteiger partial charge >= 0.3 is 0 Å². The van der Waals surface area contributed by atoms with Gasteiger partial charge in [0, 0.05) is 14.0 Å². The lowest BCUT2D eigenvalue weighted by Gasteiger charge is -2.11. The maximum atomic E-state index is 13.5. The summed E-state index contributed by atoms with van der Waals surface area (Å²) in [5, 5.41) is 0.731. The van der Waals surface area contributed by atoms with Gasteiger partial charge in [-0.2, -0.15) is 0 Å². The fourth-order valence-corrected chi connectivity index (χ4v) is 4.38. The minimum Gasteiger partial charge on any atom is -0.207 e. The Bertz CT molecular complexity index is 339. The smallest absolute Gasteiger partial charge is 0.167 e. The summed E-state index contributed by atoms with van der Waals surface area (Å²) >= 11 is 0. The van der Waals surface area contributed by atoms with Gasteiger partial charge in [-0.25, -0.2) is 8.78 Å². The van der Waals surface area contributed by atoms with E-state index in [1.54, 1.807) is 6.07 Å². The summed E-state index contributed by atoms with van der Waals surface area (Å²) in [5.41, 5.74) is 0. The van der Waals surface area contributed by atoms with Gasteiger partial charge in [0.1, 0.15) is 11.1 Å². The monoisotopic (exact) mass is 245 g/mol. The first-order valence-corrected chi connectivity index (χ1v) is 8.03. The Morgan fingerprint density at radius 2 is 2.00 bits per heavy atom. The van der Waals surface area contributed by atoms with Crippen LogP contribution in [0.3, 0.4) is 0 Å². The molecule has 1 aromatic rings. The molecule has 3 heteroatoms. The average Bonchev–Trinajstić information content (AvgIpc) is 2.17. The van der Waals surface area contributed by atoms with Gasteiger partial charge in [-0.05, 0) is 24.5 Å². The van der Waals surface area contributed by atoms with Crippen molar-refractivity contribution in [3.8, 4) is 0 Å². The number of hydrogen-bond acceptors (Lipinski definition) is 0. The third kappa shape index (κ3) is 3.83. The van der Waals surface area contributed by atoms with E-state index in [1.807, 2.05) is 0 Å². The molecule has 0 heterocycles. The van der Waals surface area contributed by atoms with Crippen LogP contribution in [0.4, 0.5) is 8.78 Å². The third-order valence-corrected chi connectivity index (χ3v) is 5.46. The fourth-order valence-electron chi connectivity index (χ4n) is 2.06. The molecule has 0 aliphatic heterocycles. The topological polar surface area (TPSA) is 0 Å². The first-order chi connectivity index (χ1) is 7.54. The molecule has 0 saturated carbocycles. The molecule has 0 amide bonds. The van der Waals surface area contributed by atoms with Crippen LogP contribution in [0.25, 0.3) is 0 Å².